The number of hydrogen-bond acceptors (Lipinski definition) is 2. The van der Waals surface area contributed by atoms with Gasteiger partial charge in [0.2, 0.25) is 0 Å². The zero-order valence-electron chi connectivity index (χ0n) is 9.76. The van der Waals surface area contributed by atoms with Gasteiger partial charge in [-0.2, -0.15) is 0 Å². The first-order chi connectivity index (χ1) is 7.63. The van der Waals surface area contributed by atoms with Gasteiger partial charge in [0.05, 0.1) is 5.02 Å². The molecule has 0 aliphatic heterocycles. The Kier molecular flexibility index (Phi) is 6.36. The van der Waals surface area contributed by atoms with Gasteiger partial charge in [0.25, 0.3) is 0 Å². The molecule has 0 atom stereocenters. The number of nitrogens with zero attached hydrogens (tertiary/aromatic N) is 1. The predicted molar refractivity (Wildman–Crippen MR) is 74.0 cm³/mol. The van der Waals surface area contributed by atoms with Gasteiger partial charge in [0, 0.05) is 11.0 Å². The molecule has 90 valence electrons. The third-order valence-electron chi connectivity index (χ3n) is 2.40. The maximum absolute atomic E-state index is 6.05. The topological polar surface area (TPSA) is 15.3 Å². The van der Waals surface area contributed by atoms with E-state index in [1.807, 2.05) is 19.2 Å². The lowest BCUT2D eigenvalue weighted by atomic mass is 10.2. The van der Waals surface area contributed by atoms with E-state index in [0.717, 1.165) is 35.6 Å². The fraction of sp³-hybridized carbons (Fsp3) is 0.500. The number of rotatable bonds is 6. The second-order valence-electron chi connectivity index (χ2n) is 3.94. The summed E-state index contributed by atoms with van der Waals surface area (Å²) in [5, 5.41) is 3.93. The number of hydrogen-bond donors (Lipinski definition) is 1. The third-order valence-corrected chi connectivity index (χ3v) is 3.64. The minimum absolute atomic E-state index is 0.779. The highest BCUT2D eigenvalue weighted by Crippen LogP contribution is 2.23. The van der Waals surface area contributed by atoms with Crippen molar-refractivity contribution in [1.82, 2.24) is 10.2 Å². The van der Waals surface area contributed by atoms with Gasteiger partial charge in [-0.15, -0.1) is 0 Å². The third kappa shape index (κ3) is 4.83. The molecule has 0 aliphatic carbocycles. The lowest BCUT2D eigenvalue weighted by Crippen LogP contribution is -2.22. The van der Waals surface area contributed by atoms with E-state index < -0.39 is 0 Å². The molecular weight excluding hydrogens is 288 g/mol. The smallest absolute Gasteiger partial charge is 0.0551 e. The van der Waals surface area contributed by atoms with Crippen LogP contribution in [0.1, 0.15) is 12.0 Å². The molecule has 0 amide bonds. The molecule has 0 spiro atoms. The summed E-state index contributed by atoms with van der Waals surface area (Å²) in [5.74, 6) is 0. The molecule has 0 aliphatic rings. The molecule has 0 heterocycles. The highest BCUT2D eigenvalue weighted by molar-refractivity contribution is 9.10. The maximum atomic E-state index is 6.05. The monoisotopic (exact) mass is 304 g/mol. The van der Waals surface area contributed by atoms with E-state index in [4.69, 9.17) is 11.6 Å². The zero-order valence-corrected chi connectivity index (χ0v) is 12.1. The molecule has 1 N–H and O–H groups in total. The summed E-state index contributed by atoms with van der Waals surface area (Å²) in [6.45, 7) is 3.09. The molecule has 1 rings (SSSR count). The first kappa shape index (κ1) is 14.0. The van der Waals surface area contributed by atoms with Gasteiger partial charge in [-0.1, -0.05) is 17.7 Å². The zero-order chi connectivity index (χ0) is 12.0. The molecule has 0 radical (unpaired) electrons. The maximum Gasteiger partial charge on any atom is 0.0551 e. The highest BCUT2D eigenvalue weighted by Gasteiger charge is 2.02. The van der Waals surface area contributed by atoms with Gasteiger partial charge >= 0.3 is 0 Å². The largest absolute Gasteiger partial charge is 0.320 e. The molecule has 2 nitrogen and oxygen atoms in total. The van der Waals surface area contributed by atoms with Crippen LogP contribution in [0.2, 0.25) is 5.02 Å². The van der Waals surface area contributed by atoms with Gasteiger partial charge in [-0.25, -0.2) is 0 Å². The Morgan fingerprint density at radius 1 is 1.44 bits per heavy atom. The summed E-state index contributed by atoms with van der Waals surface area (Å²) in [6, 6.07) is 6.11. The molecule has 0 saturated carbocycles. The van der Waals surface area contributed by atoms with E-state index in [0.29, 0.717) is 0 Å². The first-order valence-electron chi connectivity index (χ1n) is 5.40. The van der Waals surface area contributed by atoms with Crippen molar-refractivity contribution in [2.24, 2.45) is 0 Å². The Morgan fingerprint density at radius 3 is 2.81 bits per heavy atom. The van der Waals surface area contributed by atoms with E-state index in [9.17, 15) is 0 Å². The molecule has 0 bridgehead atoms. The van der Waals surface area contributed by atoms with Crippen molar-refractivity contribution in [3.05, 3.63) is 33.3 Å². The van der Waals surface area contributed by atoms with Crippen molar-refractivity contribution in [2.75, 3.05) is 27.2 Å². The fourth-order valence-corrected chi connectivity index (χ4v) is 2.00. The van der Waals surface area contributed by atoms with Crippen molar-refractivity contribution in [1.29, 1.82) is 0 Å². The summed E-state index contributed by atoms with van der Waals surface area (Å²) >= 11 is 9.44. The Balaban J connectivity index is 2.43. The van der Waals surface area contributed by atoms with Crippen LogP contribution < -0.4 is 5.32 Å². The highest BCUT2D eigenvalue weighted by atomic mass is 79.9. The van der Waals surface area contributed by atoms with Gasteiger partial charge in [0.15, 0.2) is 0 Å². The normalized spacial score (nSPS) is 11.1. The predicted octanol–water partition coefficient (Wildman–Crippen LogP) is 3.14. The van der Waals surface area contributed by atoms with Crippen LogP contribution in [0.4, 0.5) is 0 Å². The molecule has 0 unspecified atom stereocenters. The second kappa shape index (κ2) is 7.28. The van der Waals surface area contributed by atoms with Crippen LogP contribution in [0, 0.1) is 0 Å². The summed E-state index contributed by atoms with van der Waals surface area (Å²) in [4.78, 5) is 2.30. The van der Waals surface area contributed by atoms with Crippen molar-refractivity contribution in [2.45, 2.75) is 13.0 Å². The number of benzene rings is 1. The molecular formula is C12H18BrClN2. The summed E-state index contributed by atoms with van der Waals surface area (Å²) < 4.78 is 0.954. The van der Waals surface area contributed by atoms with Crippen LogP contribution >= 0.6 is 27.5 Å². The molecule has 4 heteroatoms. The van der Waals surface area contributed by atoms with Crippen LogP contribution in [0.3, 0.4) is 0 Å². The molecule has 0 saturated heterocycles. The molecule has 0 aromatic heterocycles. The Labute approximate surface area is 111 Å². The van der Waals surface area contributed by atoms with E-state index >= 15 is 0 Å². The van der Waals surface area contributed by atoms with Gasteiger partial charge in [0.1, 0.15) is 0 Å². The number of halogens is 2. The van der Waals surface area contributed by atoms with Crippen molar-refractivity contribution in [3.8, 4) is 0 Å². The SMILES string of the molecule is CNCCCN(C)Cc1ccc(Br)c(Cl)c1. The van der Waals surface area contributed by atoms with E-state index in [2.05, 4.69) is 39.3 Å². The summed E-state index contributed by atoms with van der Waals surface area (Å²) in [7, 11) is 4.11. The van der Waals surface area contributed by atoms with E-state index in [1.165, 1.54) is 5.56 Å². The quantitative estimate of drug-likeness (QED) is 0.812. The Morgan fingerprint density at radius 2 is 2.19 bits per heavy atom. The van der Waals surface area contributed by atoms with Gasteiger partial charge in [-0.3, -0.25) is 0 Å². The van der Waals surface area contributed by atoms with Crippen LogP contribution in [0.25, 0.3) is 0 Å². The van der Waals surface area contributed by atoms with Crippen molar-refractivity contribution < 1.29 is 0 Å². The molecule has 16 heavy (non-hydrogen) atoms. The van der Waals surface area contributed by atoms with Crippen LogP contribution in [-0.2, 0) is 6.54 Å². The number of nitrogens with one attached hydrogen (secondary N) is 1. The average Bonchev–Trinajstić information content (AvgIpc) is 2.24. The fourth-order valence-electron chi connectivity index (χ4n) is 1.55. The van der Waals surface area contributed by atoms with E-state index in [-0.39, 0.29) is 0 Å². The van der Waals surface area contributed by atoms with Crippen LogP contribution in [-0.4, -0.2) is 32.1 Å². The average molecular weight is 306 g/mol. The minimum Gasteiger partial charge on any atom is -0.320 e. The second-order valence-corrected chi connectivity index (χ2v) is 5.20. The first-order valence-corrected chi connectivity index (χ1v) is 6.57. The Bertz CT molecular complexity index is 331. The van der Waals surface area contributed by atoms with Crippen molar-refractivity contribution in [3.63, 3.8) is 0 Å². The Hall–Kier alpha value is -0.0900. The minimum atomic E-state index is 0.779. The van der Waals surface area contributed by atoms with Gasteiger partial charge in [-0.05, 0) is 67.2 Å². The molecule has 1 aromatic rings. The van der Waals surface area contributed by atoms with Crippen LogP contribution in [0.5, 0.6) is 0 Å². The molecule has 0 fully saturated rings. The van der Waals surface area contributed by atoms with Crippen LogP contribution in [0.15, 0.2) is 22.7 Å². The standard InChI is InChI=1S/C12H18BrClN2/c1-15-6-3-7-16(2)9-10-4-5-11(13)12(14)8-10/h4-5,8,15H,3,6-7,9H2,1-2H3. The lowest BCUT2D eigenvalue weighted by Gasteiger charge is -2.16. The van der Waals surface area contributed by atoms with Crippen molar-refractivity contribution >= 4 is 27.5 Å². The van der Waals surface area contributed by atoms with E-state index in [1.54, 1.807) is 0 Å². The van der Waals surface area contributed by atoms with Gasteiger partial charge < -0.3 is 10.2 Å². The summed E-state index contributed by atoms with van der Waals surface area (Å²) in [6.07, 6.45) is 1.16. The molecule has 1 aromatic carbocycles. The summed E-state index contributed by atoms with van der Waals surface area (Å²) in [5.41, 5.74) is 1.25. The lowest BCUT2D eigenvalue weighted by molar-refractivity contribution is 0.321.